The molecule has 1 saturated carbocycles. The van der Waals surface area contributed by atoms with Gasteiger partial charge >= 0.3 is 0 Å². The molecule has 4 heterocycles. The van der Waals surface area contributed by atoms with Gasteiger partial charge in [-0.15, -0.1) is 0 Å². The van der Waals surface area contributed by atoms with Gasteiger partial charge in [-0.05, 0) is 55.5 Å². The first-order valence-electron chi connectivity index (χ1n) is 11.9. The molecule has 3 fully saturated rings. The number of rotatable bonds is 5. The van der Waals surface area contributed by atoms with E-state index in [4.69, 9.17) is 16.6 Å². The van der Waals surface area contributed by atoms with Crippen LogP contribution in [0.3, 0.4) is 0 Å². The first kappa shape index (κ1) is 22.7. The van der Waals surface area contributed by atoms with Gasteiger partial charge in [-0.25, -0.2) is 19.3 Å². The maximum atomic E-state index is 15.3. The predicted molar refractivity (Wildman–Crippen MR) is 135 cm³/mol. The number of amides is 1. The molecule has 2 aromatic heterocycles. The predicted octanol–water partition coefficient (Wildman–Crippen LogP) is 4.48. The molecule has 6 rings (SSSR count). The number of nitrogens with zero attached hydrogens (tertiary/aromatic N) is 6. The highest BCUT2D eigenvalue weighted by Crippen LogP contribution is 2.47. The number of fused-ring (bicyclic) bond motifs is 3. The van der Waals surface area contributed by atoms with Crippen LogP contribution in [0.25, 0.3) is 11.0 Å². The van der Waals surface area contributed by atoms with E-state index in [0.717, 1.165) is 18.7 Å². The second-order valence-corrected chi connectivity index (χ2v) is 9.99. The van der Waals surface area contributed by atoms with Gasteiger partial charge in [0.2, 0.25) is 5.91 Å². The van der Waals surface area contributed by atoms with Crippen molar-refractivity contribution in [3.8, 4) is 6.07 Å². The van der Waals surface area contributed by atoms with Crippen molar-refractivity contribution in [2.45, 2.75) is 43.2 Å². The van der Waals surface area contributed by atoms with E-state index >= 15 is 4.39 Å². The van der Waals surface area contributed by atoms with Gasteiger partial charge in [-0.1, -0.05) is 24.2 Å². The summed E-state index contributed by atoms with van der Waals surface area (Å²) in [5.74, 6) is 0.449. The van der Waals surface area contributed by atoms with E-state index in [9.17, 15) is 10.1 Å². The summed E-state index contributed by atoms with van der Waals surface area (Å²) in [5, 5.41) is 12.6. The lowest BCUT2D eigenvalue weighted by Gasteiger charge is -2.36. The maximum absolute atomic E-state index is 15.3. The smallest absolute Gasteiger partial charge is 0.246 e. The number of anilines is 3. The van der Waals surface area contributed by atoms with Gasteiger partial charge in [-0.2, -0.15) is 5.26 Å². The summed E-state index contributed by atoms with van der Waals surface area (Å²) in [4.78, 5) is 29.6. The number of likely N-dealkylation sites (tertiary alicyclic amines) is 1. The number of aromatic nitrogens is 3. The van der Waals surface area contributed by atoms with Crippen molar-refractivity contribution in [3.63, 3.8) is 0 Å². The van der Waals surface area contributed by atoms with Crippen LogP contribution in [0.1, 0.15) is 31.2 Å². The SMILES string of the molecule is C=CC(=O)N1C[C@@H]2C[C@H]1CN2c1ccc2ncnc(Nc3ccc(C4(C#N)CCC4)c(Cl)c3F)c2n1. The lowest BCUT2D eigenvalue weighted by molar-refractivity contribution is -0.127. The van der Waals surface area contributed by atoms with Gasteiger partial charge < -0.3 is 15.1 Å². The Morgan fingerprint density at radius 3 is 2.75 bits per heavy atom. The molecule has 3 aliphatic rings. The van der Waals surface area contributed by atoms with Crippen molar-refractivity contribution >= 4 is 45.9 Å². The van der Waals surface area contributed by atoms with Gasteiger partial charge in [-0.3, -0.25) is 4.79 Å². The van der Waals surface area contributed by atoms with Crippen LogP contribution in [0.5, 0.6) is 0 Å². The number of carbonyl (C=O) groups excluding carboxylic acids is 1. The molecule has 1 amide bonds. The van der Waals surface area contributed by atoms with E-state index in [1.807, 2.05) is 17.0 Å². The van der Waals surface area contributed by atoms with Crippen molar-refractivity contribution in [3.05, 3.63) is 59.7 Å². The molecule has 2 atom stereocenters. The highest BCUT2D eigenvalue weighted by Gasteiger charge is 2.45. The molecule has 1 aliphatic carbocycles. The molecule has 8 nitrogen and oxygen atoms in total. The number of hydrogen-bond donors (Lipinski definition) is 1. The van der Waals surface area contributed by atoms with Crippen LogP contribution in [-0.4, -0.2) is 50.9 Å². The zero-order valence-electron chi connectivity index (χ0n) is 19.4. The standard InChI is InChI=1S/C26H23ClFN7O/c1-2-21(36)35-12-15-10-16(35)11-34(15)20-7-6-19-24(33-20)25(31-14-30-19)32-18-5-4-17(22(27)23(18)28)26(13-29)8-3-9-26/h2,4-7,14-16H,1,3,8-12H2,(H,30,31,32)/t15-,16-/m0/s1. The van der Waals surface area contributed by atoms with Crippen molar-refractivity contribution in [2.75, 3.05) is 23.3 Å². The average molecular weight is 504 g/mol. The Balaban J connectivity index is 1.30. The van der Waals surface area contributed by atoms with Gasteiger partial charge in [0, 0.05) is 13.1 Å². The molecule has 182 valence electrons. The quantitative estimate of drug-likeness (QED) is 0.512. The molecule has 0 spiro atoms. The summed E-state index contributed by atoms with van der Waals surface area (Å²) in [6.45, 7) is 4.91. The Hall–Kier alpha value is -3.77. The van der Waals surface area contributed by atoms with E-state index < -0.39 is 11.2 Å². The molecule has 1 aromatic carbocycles. The molecule has 0 radical (unpaired) electrons. The van der Waals surface area contributed by atoms with Gasteiger partial charge in [0.1, 0.15) is 17.7 Å². The zero-order valence-corrected chi connectivity index (χ0v) is 20.2. The van der Waals surface area contributed by atoms with Crippen molar-refractivity contribution < 1.29 is 9.18 Å². The molecule has 2 saturated heterocycles. The molecule has 3 aromatic rings. The normalized spacial score (nSPS) is 21.8. The Morgan fingerprint density at radius 1 is 1.25 bits per heavy atom. The number of benzene rings is 1. The minimum Gasteiger partial charge on any atom is -0.350 e. The van der Waals surface area contributed by atoms with E-state index in [1.54, 1.807) is 12.1 Å². The maximum Gasteiger partial charge on any atom is 0.246 e. The average Bonchev–Trinajstić information content (AvgIpc) is 3.48. The lowest BCUT2D eigenvalue weighted by Crippen LogP contribution is -2.48. The topological polar surface area (TPSA) is 98.0 Å². The molecule has 1 N–H and O–H groups in total. The summed E-state index contributed by atoms with van der Waals surface area (Å²) >= 11 is 6.40. The van der Waals surface area contributed by atoms with Crippen LogP contribution in [0.4, 0.5) is 21.7 Å². The highest BCUT2D eigenvalue weighted by atomic mass is 35.5. The molecule has 0 unspecified atom stereocenters. The van der Waals surface area contributed by atoms with Crippen LogP contribution in [0.2, 0.25) is 5.02 Å². The van der Waals surface area contributed by atoms with E-state index in [-0.39, 0.29) is 28.7 Å². The van der Waals surface area contributed by atoms with Crippen LogP contribution in [0.15, 0.2) is 43.2 Å². The fourth-order valence-electron chi connectivity index (χ4n) is 5.63. The van der Waals surface area contributed by atoms with Crippen LogP contribution in [0, 0.1) is 17.1 Å². The van der Waals surface area contributed by atoms with Gasteiger partial charge in [0.05, 0.1) is 39.8 Å². The molecule has 36 heavy (non-hydrogen) atoms. The number of nitrogens with one attached hydrogen (secondary N) is 1. The first-order chi connectivity index (χ1) is 17.4. The number of nitriles is 1. The third-order valence-electron chi connectivity index (χ3n) is 7.73. The van der Waals surface area contributed by atoms with Crippen LogP contribution >= 0.6 is 11.6 Å². The van der Waals surface area contributed by atoms with Crippen LogP contribution < -0.4 is 10.2 Å². The number of pyridine rings is 1. The first-order valence-corrected chi connectivity index (χ1v) is 12.3. The fourth-order valence-corrected chi connectivity index (χ4v) is 5.98. The molecule has 2 bridgehead atoms. The third kappa shape index (κ3) is 3.39. The lowest BCUT2D eigenvalue weighted by atomic mass is 9.65. The van der Waals surface area contributed by atoms with Gasteiger partial charge in [0.25, 0.3) is 0 Å². The van der Waals surface area contributed by atoms with E-state index in [2.05, 4.69) is 32.8 Å². The Kier molecular flexibility index (Phi) is 5.30. The molecule has 2 aliphatic heterocycles. The number of piperazine rings is 1. The molecular weight excluding hydrogens is 481 g/mol. The summed E-state index contributed by atoms with van der Waals surface area (Å²) < 4.78 is 15.3. The fraction of sp³-hybridized carbons (Fsp3) is 0.346. The van der Waals surface area contributed by atoms with E-state index in [1.165, 1.54) is 12.4 Å². The second kappa shape index (κ2) is 8.42. The molecule has 10 heteroatoms. The Bertz CT molecular complexity index is 1450. The Labute approximate surface area is 212 Å². The van der Waals surface area contributed by atoms with Crippen molar-refractivity contribution in [2.24, 2.45) is 0 Å². The summed E-state index contributed by atoms with van der Waals surface area (Å²) in [6, 6.07) is 9.70. The summed E-state index contributed by atoms with van der Waals surface area (Å²) in [5.41, 5.74) is 1.09. The molecular formula is C26H23ClFN7O. The van der Waals surface area contributed by atoms with E-state index in [0.29, 0.717) is 48.3 Å². The van der Waals surface area contributed by atoms with Crippen molar-refractivity contribution in [1.82, 2.24) is 19.9 Å². The summed E-state index contributed by atoms with van der Waals surface area (Å²) in [6.07, 6.45) is 5.92. The Morgan fingerprint density at radius 2 is 2.08 bits per heavy atom. The minimum absolute atomic E-state index is 0.0417. The number of hydrogen-bond acceptors (Lipinski definition) is 7. The van der Waals surface area contributed by atoms with Gasteiger partial charge in [0.15, 0.2) is 11.6 Å². The second-order valence-electron chi connectivity index (χ2n) is 9.61. The van der Waals surface area contributed by atoms with Crippen molar-refractivity contribution in [1.29, 1.82) is 5.26 Å². The summed E-state index contributed by atoms with van der Waals surface area (Å²) in [7, 11) is 0. The van der Waals surface area contributed by atoms with Crippen LogP contribution in [-0.2, 0) is 10.2 Å². The zero-order chi connectivity index (χ0) is 25.0. The minimum atomic E-state index is -0.713. The number of carbonyl (C=O) groups is 1. The third-order valence-corrected chi connectivity index (χ3v) is 8.10. The number of halogens is 2. The monoisotopic (exact) mass is 503 g/mol. The highest BCUT2D eigenvalue weighted by molar-refractivity contribution is 6.32. The largest absolute Gasteiger partial charge is 0.350 e.